The molecule has 7 rings (SSSR count). The zero-order valence-electron chi connectivity index (χ0n) is 20.7. The van der Waals surface area contributed by atoms with Gasteiger partial charge in [-0.05, 0) is 49.8 Å². The molecule has 3 aliphatic carbocycles. The predicted octanol–water partition coefficient (Wildman–Crippen LogP) is 5.29. The summed E-state index contributed by atoms with van der Waals surface area (Å²) in [6, 6.07) is 5.16. The average Bonchev–Trinajstić information content (AvgIpc) is 2.83. The predicted molar refractivity (Wildman–Crippen MR) is 125 cm³/mol. The van der Waals surface area contributed by atoms with E-state index in [-0.39, 0.29) is 47.9 Å². The molecule has 0 radical (unpaired) electrons. The van der Waals surface area contributed by atoms with Gasteiger partial charge in [-0.3, -0.25) is 14.3 Å². The van der Waals surface area contributed by atoms with Gasteiger partial charge in [-0.2, -0.15) is 13.2 Å². The van der Waals surface area contributed by atoms with Crippen LogP contribution < -0.4 is 10.3 Å². The Morgan fingerprint density at radius 1 is 1.18 bits per heavy atom. The summed E-state index contributed by atoms with van der Waals surface area (Å²) in [5.41, 5.74) is -1.77. The number of aromatic nitrogens is 4. The van der Waals surface area contributed by atoms with Gasteiger partial charge in [-0.25, -0.2) is 18.7 Å². The molecule has 202 valence electrons. The maximum atomic E-state index is 13.7. The van der Waals surface area contributed by atoms with Gasteiger partial charge in [0, 0.05) is 42.9 Å². The highest BCUT2D eigenvalue weighted by molar-refractivity contribution is 5.82. The van der Waals surface area contributed by atoms with Crippen molar-refractivity contribution in [2.75, 3.05) is 13.7 Å². The van der Waals surface area contributed by atoms with E-state index < -0.39 is 34.8 Å². The van der Waals surface area contributed by atoms with Crippen molar-refractivity contribution in [3.63, 3.8) is 0 Å². The summed E-state index contributed by atoms with van der Waals surface area (Å²) in [6.07, 6.45) is -5.51. The second kappa shape index (κ2) is 8.42. The monoisotopic (exact) mass is 536 g/mol. The van der Waals surface area contributed by atoms with Gasteiger partial charge in [0.2, 0.25) is 5.88 Å². The number of pyridine rings is 2. The van der Waals surface area contributed by atoms with E-state index in [1.807, 2.05) is 6.07 Å². The van der Waals surface area contributed by atoms with Crippen LogP contribution in [0.5, 0.6) is 5.88 Å². The van der Waals surface area contributed by atoms with Crippen molar-refractivity contribution in [3.05, 3.63) is 57.5 Å². The molecule has 1 aliphatic heterocycles. The molecule has 2 atom stereocenters. The van der Waals surface area contributed by atoms with E-state index in [0.29, 0.717) is 31.0 Å². The van der Waals surface area contributed by atoms with Crippen molar-refractivity contribution >= 4 is 10.9 Å². The fourth-order valence-electron chi connectivity index (χ4n) is 6.46. The van der Waals surface area contributed by atoms with Crippen molar-refractivity contribution in [1.29, 1.82) is 0 Å². The van der Waals surface area contributed by atoms with Crippen LogP contribution in [0.4, 0.5) is 22.0 Å². The Morgan fingerprint density at radius 3 is 2.58 bits per heavy atom. The van der Waals surface area contributed by atoms with E-state index in [9.17, 15) is 26.7 Å². The summed E-state index contributed by atoms with van der Waals surface area (Å²) in [7, 11) is 2.73. The fraction of sp³-hybridized carbons (Fsp3) is 0.538. The van der Waals surface area contributed by atoms with Crippen molar-refractivity contribution in [2.24, 2.45) is 12.5 Å². The largest absolute Gasteiger partial charge is 0.481 e. The minimum absolute atomic E-state index is 0.0231. The number of rotatable bonds is 5. The van der Waals surface area contributed by atoms with E-state index in [1.165, 1.54) is 14.2 Å². The number of hydrogen-bond donors (Lipinski definition) is 0. The molecule has 0 amide bonds. The highest BCUT2D eigenvalue weighted by Crippen LogP contribution is 2.78. The summed E-state index contributed by atoms with van der Waals surface area (Å²) in [5, 5.41) is 0.0938. The van der Waals surface area contributed by atoms with Crippen molar-refractivity contribution < 1.29 is 31.4 Å². The summed E-state index contributed by atoms with van der Waals surface area (Å²) in [4.78, 5) is 26.2. The first-order valence-electron chi connectivity index (χ1n) is 12.4. The first-order chi connectivity index (χ1) is 18.0. The SMILES string of the molecule is COc1cc(C2CC(c3cc4c(=O)n(C)c(C(F)F)nc4c(C45CC(C(F)(F)F)(C4)C5)n3)CCO2)ccn1. The number of halogens is 5. The van der Waals surface area contributed by atoms with Crippen LogP contribution >= 0.6 is 0 Å². The van der Waals surface area contributed by atoms with Gasteiger partial charge in [-0.15, -0.1) is 0 Å². The molecule has 4 fully saturated rings. The Kier molecular flexibility index (Phi) is 5.57. The molecule has 3 aromatic heterocycles. The molecule has 0 aromatic carbocycles. The van der Waals surface area contributed by atoms with E-state index in [2.05, 4.69) is 9.97 Å². The van der Waals surface area contributed by atoms with Crippen molar-refractivity contribution in [3.8, 4) is 5.88 Å². The Labute approximate surface area is 214 Å². The number of methoxy groups -OCH3 is 1. The topological polar surface area (TPSA) is 79.1 Å². The third kappa shape index (κ3) is 3.63. The summed E-state index contributed by atoms with van der Waals surface area (Å²) < 4.78 is 80.2. The van der Waals surface area contributed by atoms with Gasteiger partial charge in [0.15, 0.2) is 5.82 Å². The van der Waals surface area contributed by atoms with Gasteiger partial charge < -0.3 is 9.47 Å². The average molecular weight is 537 g/mol. The van der Waals surface area contributed by atoms with Crippen LogP contribution in [-0.2, 0) is 17.2 Å². The lowest BCUT2D eigenvalue weighted by atomic mass is 9.34. The molecule has 3 saturated carbocycles. The maximum absolute atomic E-state index is 13.7. The van der Waals surface area contributed by atoms with Crippen molar-refractivity contribution in [1.82, 2.24) is 19.5 Å². The van der Waals surface area contributed by atoms with Gasteiger partial charge in [0.1, 0.15) is 5.52 Å². The Bertz CT molecular complexity index is 1470. The van der Waals surface area contributed by atoms with Crippen LogP contribution in [-0.4, -0.2) is 39.4 Å². The lowest BCUT2D eigenvalue weighted by molar-refractivity contribution is -0.337. The summed E-state index contributed by atoms with van der Waals surface area (Å²) in [6.45, 7) is 0.401. The van der Waals surface area contributed by atoms with Crippen molar-refractivity contribution in [2.45, 2.75) is 62.1 Å². The second-order valence-corrected chi connectivity index (χ2v) is 10.7. The number of nitrogens with zero attached hydrogens (tertiary/aromatic N) is 4. The lowest BCUT2D eigenvalue weighted by Crippen LogP contribution is -2.70. The van der Waals surface area contributed by atoms with Crippen LogP contribution in [0.1, 0.15) is 73.3 Å². The summed E-state index contributed by atoms with van der Waals surface area (Å²) in [5.74, 6) is -0.460. The molecule has 7 nitrogen and oxygen atoms in total. The Hall–Kier alpha value is -3.15. The molecular weight excluding hydrogens is 511 g/mol. The molecule has 38 heavy (non-hydrogen) atoms. The first kappa shape index (κ1) is 25.1. The quantitative estimate of drug-likeness (QED) is 0.413. The number of hydrogen-bond acceptors (Lipinski definition) is 6. The second-order valence-electron chi connectivity index (χ2n) is 10.7. The Balaban J connectivity index is 1.44. The molecule has 1 saturated heterocycles. The molecule has 4 heterocycles. The molecule has 0 spiro atoms. The third-order valence-corrected chi connectivity index (χ3v) is 8.49. The van der Waals surface area contributed by atoms with E-state index in [0.717, 1.165) is 10.1 Å². The van der Waals surface area contributed by atoms with Gasteiger partial charge in [0.05, 0.1) is 29.7 Å². The molecule has 0 N–H and O–H groups in total. The molecule has 4 aliphatic rings. The van der Waals surface area contributed by atoms with E-state index >= 15 is 0 Å². The zero-order valence-corrected chi connectivity index (χ0v) is 20.7. The summed E-state index contributed by atoms with van der Waals surface area (Å²) >= 11 is 0. The number of alkyl halides is 5. The highest BCUT2D eigenvalue weighted by atomic mass is 19.4. The molecule has 12 heteroatoms. The van der Waals surface area contributed by atoms with Crippen LogP contribution in [0.2, 0.25) is 0 Å². The Morgan fingerprint density at radius 2 is 1.92 bits per heavy atom. The highest BCUT2D eigenvalue weighted by Gasteiger charge is 2.79. The fourth-order valence-corrected chi connectivity index (χ4v) is 6.46. The standard InChI is InChI=1S/C26H25F5N4O3/c1-35-22(21(27)28)34-19-15(23(35)36)9-16(33-20(19)24-10-25(11-24,12-24)26(29,30)31)13-4-6-38-17(7-13)14-3-5-32-18(8-14)37-2/h3,5,8-9,13,17,21H,4,6-7,10-12H2,1-2H3. The first-order valence-corrected chi connectivity index (χ1v) is 12.4. The van der Waals surface area contributed by atoms with Crippen LogP contribution in [0.25, 0.3) is 10.9 Å². The molecule has 3 aromatic rings. The number of ether oxygens (including phenoxy) is 2. The van der Waals surface area contributed by atoms with Gasteiger partial charge in [0.25, 0.3) is 12.0 Å². The minimum Gasteiger partial charge on any atom is -0.481 e. The van der Waals surface area contributed by atoms with Crippen LogP contribution in [0.15, 0.2) is 29.2 Å². The zero-order chi connectivity index (χ0) is 27.0. The molecular formula is C26H25F5N4O3. The van der Waals surface area contributed by atoms with Crippen LogP contribution in [0, 0.1) is 5.41 Å². The van der Waals surface area contributed by atoms with E-state index in [1.54, 1.807) is 18.3 Å². The normalized spacial score (nSPS) is 28.7. The number of fused-ring (bicyclic) bond motifs is 1. The smallest absolute Gasteiger partial charge is 0.394 e. The van der Waals surface area contributed by atoms with Crippen LogP contribution in [0.3, 0.4) is 0 Å². The minimum atomic E-state index is -4.35. The van der Waals surface area contributed by atoms with E-state index in [4.69, 9.17) is 14.5 Å². The van der Waals surface area contributed by atoms with Gasteiger partial charge in [-0.1, -0.05) is 0 Å². The maximum Gasteiger partial charge on any atom is 0.394 e. The molecule has 2 bridgehead atoms. The third-order valence-electron chi connectivity index (χ3n) is 8.49. The molecule has 2 unspecified atom stereocenters. The lowest BCUT2D eigenvalue weighted by Gasteiger charge is -2.70. The van der Waals surface area contributed by atoms with Gasteiger partial charge >= 0.3 is 6.18 Å².